The summed E-state index contributed by atoms with van der Waals surface area (Å²) in [4.78, 5) is 2.42. The van der Waals surface area contributed by atoms with E-state index in [9.17, 15) is 4.39 Å². The van der Waals surface area contributed by atoms with Crippen molar-refractivity contribution in [1.82, 2.24) is 20.4 Å². The Labute approximate surface area is 118 Å². The number of rotatable bonds is 3. The number of piperazine rings is 1. The summed E-state index contributed by atoms with van der Waals surface area (Å²) < 4.78 is 13.0. The van der Waals surface area contributed by atoms with Crippen molar-refractivity contribution < 1.29 is 4.39 Å². The molecule has 0 radical (unpaired) electrons. The van der Waals surface area contributed by atoms with E-state index in [4.69, 9.17) is 0 Å². The second-order valence-corrected chi connectivity index (χ2v) is 5.37. The van der Waals surface area contributed by atoms with Crippen LogP contribution in [-0.2, 0) is 6.54 Å². The van der Waals surface area contributed by atoms with E-state index in [0.717, 1.165) is 43.0 Å². The second kappa shape index (κ2) is 5.73. The van der Waals surface area contributed by atoms with E-state index in [-0.39, 0.29) is 5.82 Å². The van der Waals surface area contributed by atoms with Gasteiger partial charge in [0.1, 0.15) is 5.82 Å². The standard InChI is InChI=1S/C15H19FN4/c1-11-9-20(7-6-17-11)10-13-8-18-19-15(13)12-2-4-14(16)5-3-12/h2-5,8,11,17H,6-7,9-10H2,1H3,(H,18,19)/t11-/m0/s1. The van der Waals surface area contributed by atoms with Gasteiger partial charge in [-0.05, 0) is 31.2 Å². The molecule has 0 spiro atoms. The number of nitrogens with one attached hydrogen (secondary N) is 2. The van der Waals surface area contributed by atoms with Crippen LogP contribution >= 0.6 is 0 Å². The molecule has 1 atom stereocenters. The average molecular weight is 274 g/mol. The van der Waals surface area contributed by atoms with Crippen LogP contribution in [0.2, 0.25) is 0 Å². The highest BCUT2D eigenvalue weighted by Crippen LogP contribution is 2.22. The van der Waals surface area contributed by atoms with Crippen molar-refractivity contribution in [2.75, 3.05) is 19.6 Å². The average Bonchev–Trinajstić information content (AvgIpc) is 2.88. The third-order valence-electron chi connectivity index (χ3n) is 3.70. The van der Waals surface area contributed by atoms with E-state index >= 15 is 0 Å². The Morgan fingerprint density at radius 3 is 2.90 bits per heavy atom. The van der Waals surface area contributed by atoms with Crippen LogP contribution < -0.4 is 5.32 Å². The van der Waals surface area contributed by atoms with Crippen molar-refractivity contribution in [3.05, 3.63) is 41.8 Å². The summed E-state index contributed by atoms with van der Waals surface area (Å²) in [6, 6.07) is 7.05. The first-order chi connectivity index (χ1) is 9.72. The highest BCUT2D eigenvalue weighted by molar-refractivity contribution is 5.62. The Kier molecular flexibility index (Phi) is 3.80. The largest absolute Gasteiger partial charge is 0.312 e. The summed E-state index contributed by atoms with van der Waals surface area (Å²) in [5.41, 5.74) is 3.11. The minimum Gasteiger partial charge on any atom is -0.312 e. The Balaban J connectivity index is 1.78. The van der Waals surface area contributed by atoms with Gasteiger partial charge >= 0.3 is 0 Å². The van der Waals surface area contributed by atoms with Crippen LogP contribution in [0.25, 0.3) is 11.3 Å². The normalized spacial score (nSPS) is 20.2. The molecule has 106 valence electrons. The number of H-pyrrole nitrogens is 1. The molecule has 1 aromatic heterocycles. The molecule has 0 aliphatic carbocycles. The number of aromatic nitrogens is 2. The zero-order valence-electron chi connectivity index (χ0n) is 11.6. The van der Waals surface area contributed by atoms with Crippen LogP contribution in [0.3, 0.4) is 0 Å². The molecule has 3 rings (SSSR count). The SMILES string of the molecule is C[C@H]1CN(Cc2cn[nH]c2-c2ccc(F)cc2)CCN1. The molecule has 2 heterocycles. The van der Waals surface area contributed by atoms with Crippen LogP contribution in [-0.4, -0.2) is 40.8 Å². The maximum Gasteiger partial charge on any atom is 0.123 e. The summed E-state index contributed by atoms with van der Waals surface area (Å²) in [5.74, 6) is -0.217. The molecule has 20 heavy (non-hydrogen) atoms. The molecule has 1 aliphatic heterocycles. The van der Waals surface area contributed by atoms with Crippen molar-refractivity contribution in [2.45, 2.75) is 19.5 Å². The summed E-state index contributed by atoms with van der Waals surface area (Å²) in [7, 11) is 0. The highest BCUT2D eigenvalue weighted by atomic mass is 19.1. The van der Waals surface area contributed by atoms with Gasteiger partial charge in [0.05, 0.1) is 11.9 Å². The van der Waals surface area contributed by atoms with Gasteiger partial charge in [-0.2, -0.15) is 5.10 Å². The van der Waals surface area contributed by atoms with E-state index in [1.165, 1.54) is 12.1 Å². The van der Waals surface area contributed by atoms with Gasteiger partial charge in [-0.3, -0.25) is 10.00 Å². The van der Waals surface area contributed by atoms with E-state index in [1.54, 1.807) is 12.1 Å². The number of hydrogen-bond acceptors (Lipinski definition) is 3. The Morgan fingerprint density at radius 2 is 2.15 bits per heavy atom. The van der Waals surface area contributed by atoms with Crippen LogP contribution in [0.5, 0.6) is 0 Å². The third kappa shape index (κ3) is 2.89. The maximum atomic E-state index is 13.0. The fourth-order valence-corrected chi connectivity index (χ4v) is 2.69. The summed E-state index contributed by atoms with van der Waals surface area (Å²) in [5, 5.41) is 10.6. The Morgan fingerprint density at radius 1 is 1.35 bits per heavy atom. The minimum absolute atomic E-state index is 0.217. The molecule has 5 heteroatoms. The van der Waals surface area contributed by atoms with Gasteiger partial charge in [0.25, 0.3) is 0 Å². The molecular weight excluding hydrogens is 255 g/mol. The smallest absolute Gasteiger partial charge is 0.123 e. The number of aromatic amines is 1. The summed E-state index contributed by atoms with van der Waals surface area (Å²) >= 11 is 0. The maximum absolute atomic E-state index is 13.0. The van der Waals surface area contributed by atoms with E-state index in [0.29, 0.717) is 6.04 Å². The second-order valence-electron chi connectivity index (χ2n) is 5.37. The first-order valence-electron chi connectivity index (χ1n) is 6.96. The molecule has 1 fully saturated rings. The van der Waals surface area contributed by atoms with Crippen molar-refractivity contribution >= 4 is 0 Å². The number of halogens is 1. The Bertz CT molecular complexity index is 564. The fraction of sp³-hybridized carbons (Fsp3) is 0.400. The first kappa shape index (κ1) is 13.3. The molecule has 1 saturated heterocycles. The highest BCUT2D eigenvalue weighted by Gasteiger charge is 2.18. The molecule has 1 aromatic carbocycles. The topological polar surface area (TPSA) is 44.0 Å². The molecule has 0 unspecified atom stereocenters. The van der Waals surface area contributed by atoms with Crippen molar-refractivity contribution in [2.24, 2.45) is 0 Å². The first-order valence-corrected chi connectivity index (χ1v) is 6.96. The lowest BCUT2D eigenvalue weighted by atomic mass is 10.1. The predicted octanol–water partition coefficient (Wildman–Crippen LogP) is 2.01. The zero-order chi connectivity index (χ0) is 13.9. The van der Waals surface area contributed by atoms with Gasteiger partial charge in [-0.1, -0.05) is 0 Å². The molecule has 0 bridgehead atoms. The molecule has 0 amide bonds. The minimum atomic E-state index is -0.217. The molecule has 1 aliphatic rings. The number of nitrogens with zero attached hydrogens (tertiary/aromatic N) is 2. The van der Waals surface area contributed by atoms with Gasteiger partial charge in [0.2, 0.25) is 0 Å². The van der Waals surface area contributed by atoms with Crippen LogP contribution in [0.1, 0.15) is 12.5 Å². The molecule has 2 N–H and O–H groups in total. The van der Waals surface area contributed by atoms with Crippen molar-refractivity contribution in [1.29, 1.82) is 0 Å². The third-order valence-corrected chi connectivity index (χ3v) is 3.70. The van der Waals surface area contributed by atoms with Gasteiger partial charge in [0.15, 0.2) is 0 Å². The number of benzene rings is 1. The van der Waals surface area contributed by atoms with Gasteiger partial charge in [-0.15, -0.1) is 0 Å². The quantitative estimate of drug-likeness (QED) is 0.900. The summed E-state index contributed by atoms with van der Waals surface area (Å²) in [6.45, 7) is 6.16. The fourth-order valence-electron chi connectivity index (χ4n) is 2.69. The van der Waals surface area contributed by atoms with Crippen LogP contribution in [0.4, 0.5) is 4.39 Å². The summed E-state index contributed by atoms with van der Waals surface area (Å²) in [6.07, 6.45) is 1.87. The van der Waals surface area contributed by atoms with E-state index in [1.807, 2.05) is 6.20 Å². The lowest BCUT2D eigenvalue weighted by Gasteiger charge is -2.31. The Hall–Kier alpha value is -1.72. The molecule has 2 aromatic rings. The monoisotopic (exact) mass is 274 g/mol. The lowest BCUT2D eigenvalue weighted by molar-refractivity contribution is 0.200. The lowest BCUT2D eigenvalue weighted by Crippen LogP contribution is -2.48. The molecule has 4 nitrogen and oxygen atoms in total. The number of hydrogen-bond donors (Lipinski definition) is 2. The molecule has 0 saturated carbocycles. The van der Waals surface area contributed by atoms with Gasteiger partial charge in [0, 0.05) is 43.3 Å². The van der Waals surface area contributed by atoms with Crippen molar-refractivity contribution in [3.8, 4) is 11.3 Å². The van der Waals surface area contributed by atoms with E-state index < -0.39 is 0 Å². The predicted molar refractivity (Wildman–Crippen MR) is 76.7 cm³/mol. The van der Waals surface area contributed by atoms with E-state index in [2.05, 4.69) is 27.3 Å². The van der Waals surface area contributed by atoms with Crippen LogP contribution in [0, 0.1) is 5.82 Å². The zero-order valence-corrected chi connectivity index (χ0v) is 11.6. The molecular formula is C15H19FN4. The van der Waals surface area contributed by atoms with Gasteiger partial charge in [-0.25, -0.2) is 4.39 Å². The van der Waals surface area contributed by atoms with Crippen LogP contribution in [0.15, 0.2) is 30.5 Å². The van der Waals surface area contributed by atoms with Gasteiger partial charge < -0.3 is 5.32 Å². The van der Waals surface area contributed by atoms with Crippen molar-refractivity contribution in [3.63, 3.8) is 0 Å².